The molecule has 4 atom stereocenters. The van der Waals surface area contributed by atoms with E-state index in [1.807, 2.05) is 13.8 Å². The van der Waals surface area contributed by atoms with Crippen LogP contribution in [0.1, 0.15) is 25.6 Å². The minimum atomic E-state index is 0.0390. The molecule has 1 aromatic rings. The van der Waals surface area contributed by atoms with Crippen LogP contribution in [0.2, 0.25) is 0 Å². The van der Waals surface area contributed by atoms with E-state index in [0.717, 1.165) is 4.88 Å². The second-order valence-corrected chi connectivity index (χ2v) is 5.51. The van der Waals surface area contributed by atoms with Crippen molar-refractivity contribution in [3.8, 4) is 0 Å². The standard InChI is InChI=1S/C12H17NO2S/c1-7-8(2)15-9(3)12(7)11(14)4-10-5-13-6-16-10/h5-9,12H,4H2,1-3H3. The first kappa shape index (κ1) is 11.7. The summed E-state index contributed by atoms with van der Waals surface area (Å²) in [6.45, 7) is 6.14. The van der Waals surface area contributed by atoms with Crippen molar-refractivity contribution in [3.63, 3.8) is 0 Å². The lowest BCUT2D eigenvalue weighted by Crippen LogP contribution is -2.27. The van der Waals surface area contributed by atoms with E-state index < -0.39 is 0 Å². The van der Waals surface area contributed by atoms with Crippen molar-refractivity contribution in [2.24, 2.45) is 11.8 Å². The van der Waals surface area contributed by atoms with Gasteiger partial charge in [-0.05, 0) is 19.8 Å². The average molecular weight is 239 g/mol. The summed E-state index contributed by atoms with van der Waals surface area (Å²) >= 11 is 1.54. The van der Waals surface area contributed by atoms with E-state index in [2.05, 4.69) is 11.9 Å². The molecule has 4 unspecified atom stereocenters. The van der Waals surface area contributed by atoms with Gasteiger partial charge in [0.15, 0.2) is 0 Å². The SMILES string of the molecule is CC1OC(C)C(C(=O)Cc2cncs2)C1C. The number of aromatic nitrogens is 1. The van der Waals surface area contributed by atoms with Gasteiger partial charge in [0, 0.05) is 23.4 Å². The Morgan fingerprint density at radius 3 is 2.69 bits per heavy atom. The predicted molar refractivity (Wildman–Crippen MR) is 63.5 cm³/mol. The van der Waals surface area contributed by atoms with E-state index in [4.69, 9.17) is 4.74 Å². The van der Waals surface area contributed by atoms with Crippen molar-refractivity contribution < 1.29 is 9.53 Å². The molecule has 1 aliphatic heterocycles. The van der Waals surface area contributed by atoms with Gasteiger partial charge in [0.25, 0.3) is 0 Å². The summed E-state index contributed by atoms with van der Waals surface area (Å²) in [5.41, 5.74) is 1.77. The molecule has 0 amide bonds. The van der Waals surface area contributed by atoms with Crippen LogP contribution in [-0.2, 0) is 16.0 Å². The van der Waals surface area contributed by atoms with Gasteiger partial charge in [0.05, 0.1) is 17.7 Å². The molecule has 4 heteroatoms. The molecule has 2 heterocycles. The van der Waals surface area contributed by atoms with Crippen LogP contribution in [0, 0.1) is 11.8 Å². The molecule has 1 fully saturated rings. The highest BCUT2D eigenvalue weighted by Crippen LogP contribution is 2.33. The van der Waals surface area contributed by atoms with Gasteiger partial charge in [-0.15, -0.1) is 11.3 Å². The summed E-state index contributed by atoms with van der Waals surface area (Å²) in [5.74, 6) is 0.640. The second kappa shape index (κ2) is 4.63. The minimum absolute atomic E-state index is 0.0390. The van der Waals surface area contributed by atoms with Crippen molar-refractivity contribution >= 4 is 17.1 Å². The Kier molecular flexibility index (Phi) is 3.40. The van der Waals surface area contributed by atoms with Crippen molar-refractivity contribution in [2.75, 3.05) is 0 Å². The fourth-order valence-electron chi connectivity index (χ4n) is 2.44. The van der Waals surface area contributed by atoms with E-state index in [9.17, 15) is 4.79 Å². The third kappa shape index (κ3) is 2.18. The highest BCUT2D eigenvalue weighted by atomic mass is 32.1. The van der Waals surface area contributed by atoms with Crippen molar-refractivity contribution in [1.82, 2.24) is 4.98 Å². The number of hydrogen-bond acceptors (Lipinski definition) is 4. The van der Waals surface area contributed by atoms with E-state index >= 15 is 0 Å². The summed E-state index contributed by atoms with van der Waals surface area (Å²) < 4.78 is 5.69. The van der Waals surface area contributed by atoms with Gasteiger partial charge >= 0.3 is 0 Å². The zero-order valence-corrected chi connectivity index (χ0v) is 10.7. The van der Waals surface area contributed by atoms with Crippen molar-refractivity contribution in [1.29, 1.82) is 0 Å². The smallest absolute Gasteiger partial charge is 0.144 e. The molecule has 0 N–H and O–H groups in total. The van der Waals surface area contributed by atoms with Gasteiger partial charge < -0.3 is 4.74 Å². The molecule has 3 nitrogen and oxygen atoms in total. The van der Waals surface area contributed by atoms with Crippen LogP contribution in [0.3, 0.4) is 0 Å². The van der Waals surface area contributed by atoms with Gasteiger partial charge in [0.1, 0.15) is 5.78 Å². The third-order valence-electron chi connectivity index (χ3n) is 3.45. The first-order valence-corrected chi connectivity index (χ1v) is 6.53. The molecule has 1 saturated heterocycles. The van der Waals surface area contributed by atoms with E-state index in [0.29, 0.717) is 12.3 Å². The molecule has 0 aliphatic carbocycles. The highest BCUT2D eigenvalue weighted by molar-refractivity contribution is 7.09. The summed E-state index contributed by atoms with van der Waals surface area (Å²) in [5, 5.41) is 0. The second-order valence-electron chi connectivity index (χ2n) is 4.54. The summed E-state index contributed by atoms with van der Waals surface area (Å²) in [7, 11) is 0. The quantitative estimate of drug-likeness (QED) is 0.812. The Morgan fingerprint density at radius 1 is 1.44 bits per heavy atom. The lowest BCUT2D eigenvalue weighted by atomic mass is 9.85. The Balaban J connectivity index is 2.04. The van der Waals surface area contributed by atoms with Crippen molar-refractivity contribution in [3.05, 3.63) is 16.6 Å². The highest BCUT2D eigenvalue weighted by Gasteiger charge is 2.41. The van der Waals surface area contributed by atoms with E-state index in [1.165, 1.54) is 0 Å². The average Bonchev–Trinajstić information content (AvgIpc) is 2.77. The van der Waals surface area contributed by atoms with Crippen LogP contribution < -0.4 is 0 Å². The number of nitrogens with zero attached hydrogens (tertiary/aromatic N) is 1. The maximum absolute atomic E-state index is 12.2. The maximum atomic E-state index is 12.2. The predicted octanol–water partition coefficient (Wildman–Crippen LogP) is 2.31. The van der Waals surface area contributed by atoms with Crippen LogP contribution in [0.5, 0.6) is 0 Å². The van der Waals surface area contributed by atoms with Crippen LogP contribution in [0.15, 0.2) is 11.7 Å². The number of ether oxygens (including phenoxy) is 1. The molecule has 88 valence electrons. The van der Waals surface area contributed by atoms with Crippen LogP contribution in [0.25, 0.3) is 0 Å². The zero-order valence-electron chi connectivity index (χ0n) is 9.84. The topological polar surface area (TPSA) is 39.2 Å². The summed E-state index contributed by atoms with van der Waals surface area (Å²) in [6, 6.07) is 0. The molecular weight excluding hydrogens is 222 g/mol. The van der Waals surface area contributed by atoms with Crippen molar-refractivity contribution in [2.45, 2.75) is 39.4 Å². The summed E-state index contributed by atoms with van der Waals surface area (Å²) in [4.78, 5) is 17.2. The number of carbonyl (C=O) groups excluding carboxylic acids is 1. The maximum Gasteiger partial charge on any atom is 0.144 e. The number of hydrogen-bond donors (Lipinski definition) is 0. The molecule has 2 rings (SSSR count). The van der Waals surface area contributed by atoms with Crippen LogP contribution >= 0.6 is 11.3 Å². The number of thiazole rings is 1. The Morgan fingerprint density at radius 2 is 2.19 bits per heavy atom. The normalized spacial score (nSPS) is 34.2. The van der Waals surface area contributed by atoms with Crippen LogP contribution in [-0.4, -0.2) is 23.0 Å². The third-order valence-corrected chi connectivity index (χ3v) is 4.23. The molecule has 1 aromatic heterocycles. The molecule has 0 aromatic carbocycles. The lowest BCUT2D eigenvalue weighted by molar-refractivity contribution is -0.124. The number of rotatable bonds is 3. The zero-order chi connectivity index (χ0) is 11.7. The number of carbonyl (C=O) groups is 1. The Hall–Kier alpha value is -0.740. The fraction of sp³-hybridized carbons (Fsp3) is 0.667. The van der Waals surface area contributed by atoms with Gasteiger partial charge in [0.2, 0.25) is 0 Å². The van der Waals surface area contributed by atoms with Crippen LogP contribution in [0.4, 0.5) is 0 Å². The monoisotopic (exact) mass is 239 g/mol. The molecule has 16 heavy (non-hydrogen) atoms. The van der Waals surface area contributed by atoms with Gasteiger partial charge in [-0.25, -0.2) is 0 Å². The van der Waals surface area contributed by atoms with E-state index in [1.54, 1.807) is 23.0 Å². The Bertz CT molecular complexity index is 363. The molecule has 0 saturated carbocycles. The summed E-state index contributed by atoms with van der Waals surface area (Å²) in [6.07, 6.45) is 2.51. The number of ketones is 1. The van der Waals surface area contributed by atoms with Gasteiger partial charge in [-0.1, -0.05) is 6.92 Å². The Labute approximate surface area is 99.8 Å². The molecule has 0 radical (unpaired) electrons. The van der Waals surface area contributed by atoms with Gasteiger partial charge in [-0.3, -0.25) is 9.78 Å². The number of Topliss-reactive ketones (excluding diaryl/α,β-unsaturated/α-hetero) is 1. The fourth-order valence-corrected chi connectivity index (χ4v) is 3.05. The molecule has 0 spiro atoms. The largest absolute Gasteiger partial charge is 0.375 e. The minimum Gasteiger partial charge on any atom is -0.375 e. The first-order chi connectivity index (χ1) is 7.59. The molecular formula is C12H17NO2S. The molecule has 1 aliphatic rings. The molecule has 0 bridgehead atoms. The lowest BCUT2D eigenvalue weighted by Gasteiger charge is -2.16. The van der Waals surface area contributed by atoms with E-state index in [-0.39, 0.29) is 23.9 Å². The first-order valence-electron chi connectivity index (χ1n) is 5.65. The van der Waals surface area contributed by atoms with Gasteiger partial charge in [-0.2, -0.15) is 0 Å².